The van der Waals surface area contributed by atoms with Crippen LogP contribution in [0.2, 0.25) is 0 Å². The first-order chi connectivity index (χ1) is 16.7. The zero-order valence-electron chi connectivity index (χ0n) is 19.6. The van der Waals surface area contributed by atoms with Crippen LogP contribution in [0.3, 0.4) is 0 Å². The van der Waals surface area contributed by atoms with Gasteiger partial charge >= 0.3 is 6.03 Å². The first-order valence-electron chi connectivity index (χ1n) is 10.9. The van der Waals surface area contributed by atoms with Crippen molar-refractivity contribution in [1.29, 1.82) is 5.26 Å². The van der Waals surface area contributed by atoms with Crippen molar-refractivity contribution in [1.82, 2.24) is 14.8 Å². The van der Waals surface area contributed by atoms with Gasteiger partial charge in [-0.2, -0.15) is 10.4 Å². The maximum Gasteiger partial charge on any atom is 0.330 e. The number of nitriles is 1. The Labute approximate surface area is 200 Å². The van der Waals surface area contributed by atoms with E-state index < -0.39 is 28.9 Å². The Bertz CT molecular complexity index is 1380. The van der Waals surface area contributed by atoms with E-state index in [1.54, 1.807) is 24.0 Å². The normalized spacial score (nSPS) is 16.1. The topological polar surface area (TPSA) is 96.5 Å². The first-order valence-corrected chi connectivity index (χ1v) is 10.9. The molecule has 35 heavy (non-hydrogen) atoms. The number of ether oxygens (including phenoxy) is 2. The van der Waals surface area contributed by atoms with E-state index in [2.05, 4.69) is 16.2 Å². The lowest BCUT2D eigenvalue weighted by atomic mass is 10.0. The van der Waals surface area contributed by atoms with Gasteiger partial charge in [0, 0.05) is 36.6 Å². The lowest BCUT2D eigenvalue weighted by Gasteiger charge is -2.39. The Balaban J connectivity index is 1.69. The molecule has 1 saturated carbocycles. The van der Waals surface area contributed by atoms with Gasteiger partial charge in [-0.05, 0) is 25.8 Å². The van der Waals surface area contributed by atoms with Gasteiger partial charge in [0.1, 0.15) is 11.2 Å². The maximum absolute atomic E-state index is 15.3. The van der Waals surface area contributed by atoms with Crippen LogP contribution in [0.25, 0.3) is 11.3 Å². The molecule has 0 bridgehead atoms. The third-order valence-electron chi connectivity index (χ3n) is 6.42. The predicted molar refractivity (Wildman–Crippen MR) is 122 cm³/mol. The third kappa shape index (κ3) is 3.36. The van der Waals surface area contributed by atoms with Crippen LogP contribution in [0, 0.1) is 29.9 Å². The number of carbonyl (C=O) groups excluding carboxylic acids is 1. The van der Waals surface area contributed by atoms with Gasteiger partial charge in [-0.3, -0.25) is 19.5 Å². The second-order valence-electron chi connectivity index (χ2n) is 8.61. The highest BCUT2D eigenvalue weighted by Crippen LogP contribution is 2.49. The zero-order valence-corrected chi connectivity index (χ0v) is 19.6. The van der Waals surface area contributed by atoms with E-state index in [-0.39, 0.29) is 18.0 Å². The molecule has 1 aliphatic carbocycles. The fourth-order valence-corrected chi connectivity index (χ4v) is 4.46. The number of anilines is 2. The van der Waals surface area contributed by atoms with Crippen molar-refractivity contribution in [2.45, 2.75) is 31.8 Å². The Morgan fingerprint density at radius 2 is 1.80 bits per heavy atom. The summed E-state index contributed by atoms with van der Waals surface area (Å²) in [6.07, 6.45) is 4.26. The van der Waals surface area contributed by atoms with E-state index in [1.807, 2.05) is 13.1 Å². The molecule has 0 saturated heterocycles. The average molecular weight is 480 g/mol. The molecule has 0 radical (unpaired) electrons. The summed E-state index contributed by atoms with van der Waals surface area (Å²) in [4.78, 5) is 20.6. The quantitative estimate of drug-likeness (QED) is 0.546. The van der Waals surface area contributed by atoms with Crippen molar-refractivity contribution in [3.63, 3.8) is 0 Å². The predicted octanol–water partition coefficient (Wildman–Crippen LogP) is 4.09. The molecule has 1 aliphatic heterocycles. The zero-order chi connectivity index (χ0) is 25.1. The van der Waals surface area contributed by atoms with Gasteiger partial charge in [0.15, 0.2) is 23.1 Å². The maximum atomic E-state index is 15.3. The number of urea groups is 1. The summed E-state index contributed by atoms with van der Waals surface area (Å²) in [7, 11) is 4.27. The van der Waals surface area contributed by atoms with Crippen molar-refractivity contribution in [3.8, 4) is 28.8 Å². The molecule has 2 aromatic heterocycles. The van der Waals surface area contributed by atoms with Crippen molar-refractivity contribution in [2.75, 3.05) is 24.0 Å². The molecular formula is C24H22F2N6O3. The second kappa shape index (κ2) is 7.94. The van der Waals surface area contributed by atoms with E-state index in [1.165, 1.54) is 19.1 Å². The highest BCUT2D eigenvalue weighted by atomic mass is 19.1. The van der Waals surface area contributed by atoms with Gasteiger partial charge in [-0.1, -0.05) is 0 Å². The Morgan fingerprint density at radius 1 is 1.14 bits per heavy atom. The minimum Gasteiger partial charge on any atom is -0.493 e. The van der Waals surface area contributed by atoms with Crippen LogP contribution in [0.1, 0.15) is 24.1 Å². The summed E-state index contributed by atoms with van der Waals surface area (Å²) in [5.74, 6) is -2.63. The number of hydrogen-bond donors (Lipinski definition) is 0. The van der Waals surface area contributed by atoms with Crippen LogP contribution < -0.4 is 19.3 Å². The molecule has 2 amide bonds. The lowest BCUT2D eigenvalue weighted by molar-refractivity contribution is 0.247. The third-order valence-corrected chi connectivity index (χ3v) is 6.42. The second-order valence-corrected chi connectivity index (χ2v) is 8.61. The average Bonchev–Trinajstić information content (AvgIpc) is 3.56. The molecule has 11 heteroatoms. The van der Waals surface area contributed by atoms with Crippen LogP contribution in [-0.4, -0.2) is 40.6 Å². The number of rotatable bonds is 5. The fraction of sp³-hybridized carbons (Fsp3) is 0.333. The highest BCUT2D eigenvalue weighted by molar-refractivity contribution is 6.08. The molecule has 9 nitrogen and oxygen atoms in total. The molecule has 180 valence electrons. The monoisotopic (exact) mass is 480 g/mol. The van der Waals surface area contributed by atoms with Gasteiger partial charge in [-0.15, -0.1) is 0 Å². The van der Waals surface area contributed by atoms with E-state index in [9.17, 15) is 10.1 Å². The van der Waals surface area contributed by atoms with Crippen LogP contribution in [0.15, 0.2) is 24.5 Å². The number of aryl methyl sites for hydroxylation is 2. The standard InChI is InChI=1S/C24H22F2N6O3/c1-13-15(11-30(2)29-13)16-7-17-14(9-28-16)10-31(23(33)32(17)24(12-27)5-6-24)22-20(25)18(34-3)8-19(35-4)21(22)26/h7-9,11H,5-6,10H2,1-4H3. The summed E-state index contributed by atoms with van der Waals surface area (Å²) < 4.78 is 42.4. The Kier molecular flexibility index (Phi) is 5.12. The fourth-order valence-electron chi connectivity index (χ4n) is 4.46. The Morgan fingerprint density at radius 3 is 2.31 bits per heavy atom. The lowest BCUT2D eigenvalue weighted by Crippen LogP contribution is -2.53. The molecule has 0 unspecified atom stereocenters. The molecular weight excluding hydrogens is 458 g/mol. The number of nitrogens with zero attached hydrogens (tertiary/aromatic N) is 6. The molecule has 5 rings (SSSR count). The molecule has 0 spiro atoms. The number of amides is 2. The van der Waals surface area contributed by atoms with Gasteiger partial charge in [0.25, 0.3) is 0 Å². The highest BCUT2D eigenvalue weighted by Gasteiger charge is 2.55. The number of carbonyl (C=O) groups is 1. The summed E-state index contributed by atoms with van der Waals surface area (Å²) in [5, 5.41) is 14.3. The van der Waals surface area contributed by atoms with Gasteiger partial charge in [0.2, 0.25) is 0 Å². The van der Waals surface area contributed by atoms with Crippen molar-refractivity contribution >= 4 is 17.4 Å². The molecule has 1 fully saturated rings. The van der Waals surface area contributed by atoms with E-state index in [4.69, 9.17) is 9.47 Å². The molecule has 3 heterocycles. The summed E-state index contributed by atoms with van der Waals surface area (Å²) in [5.41, 5.74) is 1.41. The number of halogens is 2. The summed E-state index contributed by atoms with van der Waals surface area (Å²) >= 11 is 0. The van der Waals surface area contributed by atoms with Crippen molar-refractivity contribution < 1.29 is 23.0 Å². The largest absolute Gasteiger partial charge is 0.493 e. The van der Waals surface area contributed by atoms with Gasteiger partial charge in [0.05, 0.1) is 43.9 Å². The van der Waals surface area contributed by atoms with Crippen LogP contribution in [0.4, 0.5) is 25.0 Å². The number of pyridine rings is 1. The van der Waals surface area contributed by atoms with Gasteiger partial charge < -0.3 is 9.47 Å². The molecule has 0 N–H and O–H groups in total. The van der Waals surface area contributed by atoms with Crippen molar-refractivity contribution in [2.24, 2.45) is 7.05 Å². The van der Waals surface area contributed by atoms with Gasteiger partial charge in [-0.25, -0.2) is 13.6 Å². The number of methoxy groups -OCH3 is 2. The van der Waals surface area contributed by atoms with E-state index in [0.29, 0.717) is 29.8 Å². The van der Waals surface area contributed by atoms with E-state index >= 15 is 8.78 Å². The number of aromatic nitrogens is 3. The molecule has 2 aliphatic rings. The number of hydrogen-bond acceptors (Lipinski definition) is 6. The first kappa shape index (κ1) is 22.6. The Hall–Kier alpha value is -4.20. The molecule has 3 aromatic rings. The number of benzene rings is 1. The summed E-state index contributed by atoms with van der Waals surface area (Å²) in [6, 6.07) is 4.31. The van der Waals surface area contributed by atoms with Crippen molar-refractivity contribution in [3.05, 3.63) is 47.4 Å². The minimum absolute atomic E-state index is 0.157. The van der Waals surface area contributed by atoms with E-state index in [0.717, 1.165) is 22.2 Å². The van der Waals surface area contributed by atoms with Crippen LogP contribution in [-0.2, 0) is 13.6 Å². The van der Waals surface area contributed by atoms with Crippen LogP contribution in [0.5, 0.6) is 11.5 Å². The smallest absolute Gasteiger partial charge is 0.330 e. The SMILES string of the molecule is COc1cc(OC)c(F)c(N2Cc3cnc(-c4cn(C)nc4C)cc3N(C3(C#N)CC3)C2=O)c1F. The minimum atomic E-state index is -1.11. The van der Waals surface area contributed by atoms with Crippen LogP contribution >= 0.6 is 0 Å². The molecule has 0 atom stereocenters. The molecule has 1 aromatic carbocycles. The summed E-state index contributed by atoms with van der Waals surface area (Å²) in [6.45, 7) is 1.69. The number of fused-ring (bicyclic) bond motifs is 1.